The van der Waals surface area contributed by atoms with Gasteiger partial charge >= 0.3 is 6.09 Å². The van der Waals surface area contributed by atoms with Crippen LogP contribution in [0.25, 0.3) is 0 Å². The van der Waals surface area contributed by atoms with Gasteiger partial charge < -0.3 is 15.0 Å². The van der Waals surface area contributed by atoms with Crippen LogP contribution in [0.1, 0.15) is 60.8 Å². The molecule has 2 atom stereocenters. The first kappa shape index (κ1) is 18.8. The summed E-state index contributed by atoms with van der Waals surface area (Å²) in [5, 5.41) is 2.94. The van der Waals surface area contributed by atoms with Crippen molar-refractivity contribution < 1.29 is 14.3 Å². The molecule has 5 heteroatoms. The molecule has 1 heterocycles. The summed E-state index contributed by atoms with van der Waals surface area (Å²) in [6.07, 6.45) is 1.97. The van der Waals surface area contributed by atoms with Gasteiger partial charge in [0.25, 0.3) is 0 Å². The Morgan fingerprint density at radius 3 is 2.45 bits per heavy atom. The van der Waals surface area contributed by atoms with Gasteiger partial charge in [0, 0.05) is 25.6 Å². The van der Waals surface area contributed by atoms with Gasteiger partial charge in [-0.25, -0.2) is 4.79 Å². The first-order valence-corrected chi connectivity index (χ1v) is 8.35. The van der Waals surface area contributed by atoms with Crippen LogP contribution < -0.4 is 5.32 Å². The maximum atomic E-state index is 12.2. The Balaban J connectivity index is 2.42. The highest BCUT2D eigenvalue weighted by Crippen LogP contribution is 2.19. The molecule has 0 aromatic rings. The number of nitrogens with zero attached hydrogens (tertiary/aromatic N) is 1. The van der Waals surface area contributed by atoms with Crippen LogP contribution >= 0.6 is 0 Å². The topological polar surface area (TPSA) is 58.6 Å². The number of alkyl carbamates (subject to hydrolysis) is 1. The zero-order valence-electron chi connectivity index (χ0n) is 14.9. The Hall–Kier alpha value is -1.26. The van der Waals surface area contributed by atoms with E-state index in [1.807, 2.05) is 25.7 Å². The second-order valence-electron chi connectivity index (χ2n) is 7.79. The number of carbonyl (C=O) groups is 2. The molecule has 22 heavy (non-hydrogen) atoms. The Kier molecular flexibility index (Phi) is 6.69. The Bertz CT molecular complexity index is 388. The molecule has 0 bridgehead atoms. The third-order valence-electron chi connectivity index (χ3n) is 3.90. The molecule has 128 valence electrons. The molecule has 0 saturated carbocycles. The summed E-state index contributed by atoms with van der Waals surface area (Å²) in [6, 6.07) is 0.0731. The smallest absolute Gasteiger partial charge is 0.407 e. The molecule has 1 fully saturated rings. The Morgan fingerprint density at radius 2 is 1.95 bits per heavy atom. The van der Waals surface area contributed by atoms with E-state index < -0.39 is 5.60 Å². The highest BCUT2D eigenvalue weighted by Gasteiger charge is 2.30. The summed E-state index contributed by atoms with van der Waals surface area (Å²) in [6.45, 7) is 13.3. The van der Waals surface area contributed by atoms with Crippen LogP contribution in [0.2, 0.25) is 0 Å². The standard InChI is InChI=1S/C17H32N2O3/c1-12(2)7-8-15(20)19-10-9-14(13(3)11-19)18-16(21)22-17(4,5)6/h12-14H,7-11H2,1-6H3,(H,18,21)/t13-,14-/m1/s1. The number of hydrogen-bond donors (Lipinski definition) is 1. The molecule has 1 N–H and O–H groups in total. The maximum absolute atomic E-state index is 12.2. The van der Waals surface area contributed by atoms with E-state index in [0.717, 1.165) is 12.8 Å². The lowest BCUT2D eigenvalue weighted by Crippen LogP contribution is -2.52. The van der Waals surface area contributed by atoms with E-state index in [1.54, 1.807) is 0 Å². The maximum Gasteiger partial charge on any atom is 0.407 e. The minimum atomic E-state index is -0.485. The van der Waals surface area contributed by atoms with Gasteiger partial charge in [-0.2, -0.15) is 0 Å². The predicted molar refractivity (Wildman–Crippen MR) is 87.6 cm³/mol. The minimum Gasteiger partial charge on any atom is -0.444 e. The number of nitrogens with one attached hydrogen (secondary N) is 1. The van der Waals surface area contributed by atoms with Crippen molar-refractivity contribution >= 4 is 12.0 Å². The fourth-order valence-electron chi connectivity index (χ4n) is 2.62. The summed E-state index contributed by atoms with van der Waals surface area (Å²) in [4.78, 5) is 26.0. The van der Waals surface area contributed by atoms with E-state index >= 15 is 0 Å². The SMILES string of the molecule is CC(C)CCC(=O)N1CC[C@@H](NC(=O)OC(C)(C)C)[C@H](C)C1. The molecule has 0 radical (unpaired) electrons. The van der Waals surface area contributed by atoms with Crippen molar-refractivity contribution in [2.75, 3.05) is 13.1 Å². The van der Waals surface area contributed by atoms with E-state index in [0.29, 0.717) is 25.4 Å². The van der Waals surface area contributed by atoms with Crippen LogP contribution in [-0.4, -0.2) is 41.6 Å². The van der Waals surface area contributed by atoms with Gasteiger partial charge in [0.15, 0.2) is 0 Å². The molecule has 1 aliphatic rings. The quantitative estimate of drug-likeness (QED) is 0.867. The number of rotatable bonds is 4. The van der Waals surface area contributed by atoms with Crippen molar-refractivity contribution in [3.8, 4) is 0 Å². The molecule has 0 unspecified atom stereocenters. The van der Waals surface area contributed by atoms with Crippen LogP contribution in [0.15, 0.2) is 0 Å². The highest BCUT2D eigenvalue weighted by molar-refractivity contribution is 5.76. The van der Waals surface area contributed by atoms with Crippen LogP contribution in [-0.2, 0) is 9.53 Å². The van der Waals surface area contributed by atoms with Gasteiger partial charge in [0.1, 0.15) is 5.60 Å². The number of ether oxygens (including phenoxy) is 1. The van der Waals surface area contributed by atoms with E-state index in [9.17, 15) is 9.59 Å². The minimum absolute atomic E-state index is 0.0731. The van der Waals surface area contributed by atoms with Crippen LogP contribution in [0, 0.1) is 11.8 Å². The average molecular weight is 312 g/mol. The van der Waals surface area contributed by atoms with Gasteiger partial charge in [-0.05, 0) is 45.4 Å². The number of carbonyl (C=O) groups excluding carboxylic acids is 2. The fraction of sp³-hybridized carbons (Fsp3) is 0.882. The van der Waals surface area contributed by atoms with Crippen molar-refractivity contribution in [3.05, 3.63) is 0 Å². The molecular formula is C17H32N2O3. The Morgan fingerprint density at radius 1 is 1.32 bits per heavy atom. The molecule has 1 rings (SSSR count). The molecule has 0 aromatic carbocycles. The van der Waals surface area contributed by atoms with Gasteiger partial charge in [-0.1, -0.05) is 20.8 Å². The Labute approximate surface area is 134 Å². The molecule has 5 nitrogen and oxygen atoms in total. The number of likely N-dealkylation sites (tertiary alicyclic amines) is 1. The summed E-state index contributed by atoms with van der Waals surface area (Å²) >= 11 is 0. The van der Waals surface area contributed by atoms with Gasteiger partial charge in [-0.15, -0.1) is 0 Å². The second kappa shape index (κ2) is 7.84. The largest absolute Gasteiger partial charge is 0.444 e. The zero-order valence-corrected chi connectivity index (χ0v) is 14.9. The van der Waals surface area contributed by atoms with Crippen molar-refractivity contribution in [2.45, 2.75) is 72.4 Å². The lowest BCUT2D eigenvalue weighted by molar-refractivity contribution is -0.133. The average Bonchev–Trinajstić information content (AvgIpc) is 2.36. The van der Waals surface area contributed by atoms with Crippen molar-refractivity contribution in [3.63, 3.8) is 0 Å². The number of piperidine rings is 1. The predicted octanol–water partition coefficient (Wildman–Crippen LogP) is 3.18. The third-order valence-corrected chi connectivity index (χ3v) is 3.90. The first-order chi connectivity index (χ1) is 10.1. The molecule has 1 aliphatic heterocycles. The van der Waals surface area contributed by atoms with E-state index in [2.05, 4.69) is 26.1 Å². The normalized spacial score (nSPS) is 22.6. The first-order valence-electron chi connectivity index (χ1n) is 8.35. The van der Waals surface area contributed by atoms with Crippen molar-refractivity contribution in [1.29, 1.82) is 0 Å². The van der Waals surface area contributed by atoms with E-state index in [-0.39, 0.29) is 24.0 Å². The summed E-state index contributed by atoms with van der Waals surface area (Å²) < 4.78 is 5.30. The number of hydrogen-bond acceptors (Lipinski definition) is 3. The van der Waals surface area contributed by atoms with Crippen LogP contribution in [0.4, 0.5) is 4.79 Å². The zero-order chi connectivity index (χ0) is 16.9. The van der Waals surface area contributed by atoms with Crippen molar-refractivity contribution in [2.24, 2.45) is 11.8 Å². The lowest BCUT2D eigenvalue weighted by Gasteiger charge is -2.37. The summed E-state index contributed by atoms with van der Waals surface area (Å²) in [5.74, 6) is 1.02. The molecule has 2 amide bonds. The molecule has 0 aromatic heterocycles. The van der Waals surface area contributed by atoms with Gasteiger partial charge in [0.05, 0.1) is 0 Å². The van der Waals surface area contributed by atoms with Crippen LogP contribution in [0.5, 0.6) is 0 Å². The summed E-state index contributed by atoms with van der Waals surface area (Å²) in [7, 11) is 0. The molecular weight excluding hydrogens is 280 g/mol. The van der Waals surface area contributed by atoms with Crippen molar-refractivity contribution in [1.82, 2.24) is 10.2 Å². The second-order valence-corrected chi connectivity index (χ2v) is 7.79. The van der Waals surface area contributed by atoms with Gasteiger partial charge in [-0.3, -0.25) is 4.79 Å². The third kappa shape index (κ3) is 6.67. The molecule has 0 aliphatic carbocycles. The molecule has 0 spiro atoms. The molecule has 1 saturated heterocycles. The fourth-order valence-corrected chi connectivity index (χ4v) is 2.62. The lowest BCUT2D eigenvalue weighted by atomic mass is 9.93. The van der Waals surface area contributed by atoms with E-state index in [4.69, 9.17) is 4.74 Å². The highest BCUT2D eigenvalue weighted by atomic mass is 16.6. The monoisotopic (exact) mass is 312 g/mol. The van der Waals surface area contributed by atoms with Crippen LogP contribution in [0.3, 0.4) is 0 Å². The number of amides is 2. The van der Waals surface area contributed by atoms with Gasteiger partial charge in [0.2, 0.25) is 5.91 Å². The summed E-state index contributed by atoms with van der Waals surface area (Å²) in [5.41, 5.74) is -0.485. The van der Waals surface area contributed by atoms with E-state index in [1.165, 1.54) is 0 Å².